The van der Waals surface area contributed by atoms with Gasteiger partial charge in [0.05, 0.1) is 32.3 Å². The quantitative estimate of drug-likeness (QED) is 0.533. The Hall–Kier alpha value is -3.41. The highest BCUT2D eigenvalue weighted by Gasteiger charge is 2.18. The van der Waals surface area contributed by atoms with E-state index in [9.17, 15) is 4.79 Å². The fraction of sp³-hybridized carbons (Fsp3) is 0.261. The molecule has 0 atom stereocenters. The number of methoxy groups -OCH3 is 3. The van der Waals surface area contributed by atoms with Crippen molar-refractivity contribution in [1.82, 2.24) is 0 Å². The minimum absolute atomic E-state index is 0.174. The number of hydrogen-bond acceptors (Lipinski definition) is 6. The second kappa shape index (κ2) is 8.73. The summed E-state index contributed by atoms with van der Waals surface area (Å²) in [5.41, 5.74) is 2.38. The molecule has 1 aromatic heterocycles. The molecule has 0 aliphatic heterocycles. The van der Waals surface area contributed by atoms with Crippen LogP contribution in [0.15, 0.2) is 57.5 Å². The van der Waals surface area contributed by atoms with E-state index in [4.69, 9.17) is 23.4 Å². The summed E-state index contributed by atoms with van der Waals surface area (Å²) in [6.45, 7) is 4.47. The van der Waals surface area contributed by atoms with Gasteiger partial charge in [-0.15, -0.1) is 0 Å². The Morgan fingerprint density at radius 2 is 1.62 bits per heavy atom. The van der Waals surface area contributed by atoms with Crippen molar-refractivity contribution in [3.05, 3.63) is 58.5 Å². The van der Waals surface area contributed by atoms with E-state index in [2.05, 4.69) is 0 Å². The van der Waals surface area contributed by atoms with Gasteiger partial charge in [-0.05, 0) is 38.1 Å². The van der Waals surface area contributed by atoms with Crippen LogP contribution in [0.2, 0.25) is 0 Å². The molecular formula is C23H24O6. The maximum Gasteiger partial charge on any atom is 0.200 e. The van der Waals surface area contributed by atoms with Crippen molar-refractivity contribution in [2.24, 2.45) is 0 Å². The van der Waals surface area contributed by atoms with Crippen molar-refractivity contribution in [2.75, 3.05) is 27.9 Å². The Morgan fingerprint density at radius 1 is 0.931 bits per heavy atom. The zero-order valence-corrected chi connectivity index (χ0v) is 17.2. The lowest BCUT2D eigenvalue weighted by Crippen LogP contribution is -2.06. The van der Waals surface area contributed by atoms with Gasteiger partial charge in [-0.2, -0.15) is 0 Å². The predicted octanol–water partition coefficient (Wildman–Crippen LogP) is 4.83. The van der Waals surface area contributed by atoms with Crippen LogP contribution in [0.25, 0.3) is 22.1 Å². The molecule has 1 heterocycles. The molecule has 29 heavy (non-hydrogen) atoms. The number of fused-ring (bicyclic) bond motifs is 1. The van der Waals surface area contributed by atoms with Crippen LogP contribution in [0.4, 0.5) is 0 Å². The summed E-state index contributed by atoms with van der Waals surface area (Å²) in [4.78, 5) is 13.1. The third-order valence-corrected chi connectivity index (χ3v) is 4.48. The maximum absolute atomic E-state index is 13.1. The summed E-state index contributed by atoms with van der Waals surface area (Å²) in [5, 5.41) is 0.453. The molecule has 0 amide bonds. The molecule has 0 saturated carbocycles. The van der Waals surface area contributed by atoms with Crippen molar-refractivity contribution in [3.8, 4) is 34.1 Å². The van der Waals surface area contributed by atoms with Gasteiger partial charge in [-0.1, -0.05) is 5.57 Å². The Bertz CT molecular complexity index is 1110. The van der Waals surface area contributed by atoms with Crippen LogP contribution < -0.4 is 24.4 Å². The molecule has 152 valence electrons. The van der Waals surface area contributed by atoms with Crippen molar-refractivity contribution in [1.29, 1.82) is 0 Å². The molecule has 6 nitrogen and oxygen atoms in total. The van der Waals surface area contributed by atoms with Crippen molar-refractivity contribution in [3.63, 3.8) is 0 Å². The van der Waals surface area contributed by atoms with Crippen molar-refractivity contribution in [2.45, 2.75) is 13.8 Å². The fourth-order valence-corrected chi connectivity index (χ4v) is 2.93. The van der Waals surface area contributed by atoms with E-state index < -0.39 is 0 Å². The Morgan fingerprint density at radius 3 is 2.28 bits per heavy atom. The summed E-state index contributed by atoms with van der Waals surface area (Å²) < 4.78 is 27.6. The average Bonchev–Trinajstić information content (AvgIpc) is 2.72. The molecule has 3 rings (SSSR count). The van der Waals surface area contributed by atoms with Crippen LogP contribution in [-0.2, 0) is 0 Å². The van der Waals surface area contributed by atoms with E-state index in [0.29, 0.717) is 51.7 Å². The van der Waals surface area contributed by atoms with Gasteiger partial charge < -0.3 is 23.4 Å². The van der Waals surface area contributed by atoms with Gasteiger partial charge in [0, 0.05) is 17.7 Å². The molecule has 0 unspecified atom stereocenters. The topological polar surface area (TPSA) is 67.1 Å². The third-order valence-electron chi connectivity index (χ3n) is 4.48. The van der Waals surface area contributed by atoms with Gasteiger partial charge in [0.1, 0.15) is 30.0 Å². The molecule has 6 heteroatoms. The van der Waals surface area contributed by atoms with Gasteiger partial charge in [0.25, 0.3) is 0 Å². The standard InChI is InChI=1S/C23H24O6/c1-14(2)8-9-28-15-6-7-16-20(10-15)29-13-18(23(16)24)17-11-21(26-4)22(27-5)12-19(17)25-3/h6-8,10-13H,9H2,1-5H3. The number of allylic oxidation sites excluding steroid dienone is 1. The summed E-state index contributed by atoms with van der Waals surface area (Å²) in [7, 11) is 4.61. The highest BCUT2D eigenvalue weighted by molar-refractivity contribution is 5.84. The van der Waals surface area contributed by atoms with Crippen molar-refractivity contribution >= 4 is 11.0 Å². The van der Waals surface area contributed by atoms with Crippen LogP contribution in [0, 0.1) is 0 Å². The van der Waals surface area contributed by atoms with E-state index in [0.717, 1.165) is 0 Å². The Kier molecular flexibility index (Phi) is 6.12. The van der Waals surface area contributed by atoms with Gasteiger partial charge in [-0.25, -0.2) is 0 Å². The van der Waals surface area contributed by atoms with Crippen LogP contribution in [-0.4, -0.2) is 27.9 Å². The number of rotatable bonds is 7. The molecule has 0 spiro atoms. The highest BCUT2D eigenvalue weighted by atomic mass is 16.5. The maximum atomic E-state index is 13.1. The zero-order chi connectivity index (χ0) is 21.0. The van der Waals surface area contributed by atoms with E-state index >= 15 is 0 Å². The lowest BCUT2D eigenvalue weighted by molar-refractivity contribution is 0.349. The molecule has 0 radical (unpaired) electrons. The van der Waals surface area contributed by atoms with E-state index in [1.165, 1.54) is 26.1 Å². The Balaban J connectivity index is 2.07. The minimum atomic E-state index is -0.174. The molecule has 0 fully saturated rings. The van der Waals surface area contributed by atoms with Crippen LogP contribution in [0.1, 0.15) is 13.8 Å². The molecule has 2 aromatic carbocycles. The van der Waals surface area contributed by atoms with Crippen LogP contribution >= 0.6 is 0 Å². The summed E-state index contributed by atoms with van der Waals surface area (Å²) in [6, 6.07) is 8.55. The van der Waals surface area contributed by atoms with Gasteiger partial charge >= 0.3 is 0 Å². The molecule has 0 N–H and O–H groups in total. The fourth-order valence-electron chi connectivity index (χ4n) is 2.93. The number of benzene rings is 2. The lowest BCUT2D eigenvalue weighted by atomic mass is 10.0. The summed E-state index contributed by atoms with van der Waals surface area (Å²) in [6.07, 6.45) is 3.40. The van der Waals surface area contributed by atoms with Crippen LogP contribution in [0.5, 0.6) is 23.0 Å². The number of ether oxygens (including phenoxy) is 4. The molecule has 0 bridgehead atoms. The smallest absolute Gasteiger partial charge is 0.200 e. The van der Waals surface area contributed by atoms with Gasteiger partial charge in [-0.3, -0.25) is 4.79 Å². The molecule has 0 saturated heterocycles. The molecule has 3 aromatic rings. The summed E-state index contributed by atoms with van der Waals surface area (Å²) in [5.74, 6) is 2.12. The largest absolute Gasteiger partial charge is 0.496 e. The lowest BCUT2D eigenvalue weighted by Gasteiger charge is -2.14. The van der Waals surface area contributed by atoms with Crippen LogP contribution in [0.3, 0.4) is 0 Å². The second-order valence-electron chi connectivity index (χ2n) is 6.64. The minimum Gasteiger partial charge on any atom is -0.496 e. The zero-order valence-electron chi connectivity index (χ0n) is 17.2. The Labute approximate surface area is 169 Å². The molecular weight excluding hydrogens is 372 g/mol. The summed E-state index contributed by atoms with van der Waals surface area (Å²) >= 11 is 0. The molecule has 0 aliphatic rings. The monoisotopic (exact) mass is 396 g/mol. The van der Waals surface area contributed by atoms with Gasteiger partial charge in [0.15, 0.2) is 11.5 Å². The SMILES string of the molecule is COc1cc(OC)c(-c2coc3cc(OCC=C(C)C)ccc3c2=O)cc1OC. The van der Waals surface area contributed by atoms with Gasteiger partial charge in [0.2, 0.25) is 5.43 Å². The highest BCUT2D eigenvalue weighted by Crippen LogP contribution is 2.39. The first-order valence-electron chi connectivity index (χ1n) is 9.10. The normalized spacial score (nSPS) is 10.5. The third kappa shape index (κ3) is 4.21. The molecule has 0 aliphatic carbocycles. The van der Waals surface area contributed by atoms with E-state index in [1.807, 2.05) is 19.9 Å². The second-order valence-corrected chi connectivity index (χ2v) is 6.64. The first-order chi connectivity index (χ1) is 14.0. The van der Waals surface area contributed by atoms with Crippen molar-refractivity contribution < 1.29 is 23.4 Å². The predicted molar refractivity (Wildman–Crippen MR) is 113 cm³/mol. The number of hydrogen-bond donors (Lipinski definition) is 0. The van der Waals surface area contributed by atoms with E-state index in [-0.39, 0.29) is 5.43 Å². The average molecular weight is 396 g/mol. The first-order valence-corrected chi connectivity index (χ1v) is 9.10. The first kappa shape index (κ1) is 20.3. The van der Waals surface area contributed by atoms with E-state index in [1.54, 1.807) is 37.4 Å².